The lowest BCUT2D eigenvalue weighted by molar-refractivity contribution is 0.189. The molecule has 3 rings (SSSR count). The van der Waals surface area contributed by atoms with E-state index < -0.39 is 0 Å². The molecule has 4 nitrogen and oxygen atoms in total. The Bertz CT molecular complexity index is 521. The van der Waals surface area contributed by atoms with Crippen molar-refractivity contribution in [2.75, 3.05) is 31.1 Å². The van der Waals surface area contributed by atoms with Gasteiger partial charge in [0.2, 0.25) is 0 Å². The van der Waals surface area contributed by atoms with E-state index in [0.717, 1.165) is 12.8 Å². The van der Waals surface area contributed by atoms with Crippen LogP contribution in [-0.2, 0) is 0 Å². The Hall–Kier alpha value is -1.78. The van der Waals surface area contributed by atoms with Crippen molar-refractivity contribution in [1.82, 2.24) is 10.2 Å². The molecule has 1 aromatic rings. The Morgan fingerprint density at radius 1 is 1.00 bits per heavy atom. The summed E-state index contributed by atoms with van der Waals surface area (Å²) in [6.45, 7) is 2.65. The second-order valence-electron chi connectivity index (χ2n) is 6.56. The van der Waals surface area contributed by atoms with Gasteiger partial charge >= 0.3 is 6.03 Å². The van der Waals surface area contributed by atoms with Gasteiger partial charge in [-0.3, -0.25) is 0 Å². The zero-order valence-electron chi connectivity index (χ0n) is 13.6. The molecule has 0 radical (unpaired) electrons. The van der Waals surface area contributed by atoms with Gasteiger partial charge in [0.25, 0.3) is 0 Å². The van der Waals surface area contributed by atoms with E-state index >= 15 is 0 Å². The Labute approximate surface area is 137 Å². The largest absolute Gasteiger partial charge is 0.366 e. The van der Waals surface area contributed by atoms with Crippen LogP contribution in [0, 0.1) is 5.82 Å². The average molecular weight is 319 g/mol. The quantitative estimate of drug-likeness (QED) is 0.848. The smallest absolute Gasteiger partial charge is 0.317 e. The Morgan fingerprint density at radius 3 is 2.30 bits per heavy atom. The topological polar surface area (TPSA) is 35.6 Å². The number of piperazine rings is 1. The van der Waals surface area contributed by atoms with Crippen LogP contribution in [0.25, 0.3) is 0 Å². The van der Waals surface area contributed by atoms with E-state index in [4.69, 9.17) is 0 Å². The van der Waals surface area contributed by atoms with Gasteiger partial charge in [0.15, 0.2) is 0 Å². The maximum Gasteiger partial charge on any atom is 0.317 e. The SMILES string of the molecule is O=C(NC1CCCCCC1)N1CCN(c2ccccc2F)CC1. The van der Waals surface area contributed by atoms with E-state index in [9.17, 15) is 9.18 Å². The third-order valence-corrected chi connectivity index (χ3v) is 4.94. The number of hydrogen-bond donors (Lipinski definition) is 1. The van der Waals surface area contributed by atoms with Crippen molar-refractivity contribution in [3.05, 3.63) is 30.1 Å². The molecule has 1 aliphatic carbocycles. The fraction of sp³-hybridized carbons (Fsp3) is 0.611. The van der Waals surface area contributed by atoms with Crippen molar-refractivity contribution in [1.29, 1.82) is 0 Å². The van der Waals surface area contributed by atoms with Crippen LogP contribution in [0.5, 0.6) is 0 Å². The molecule has 1 heterocycles. The van der Waals surface area contributed by atoms with Gasteiger partial charge in [0.1, 0.15) is 5.82 Å². The standard InChI is InChI=1S/C18H26FN3O/c19-16-9-5-6-10-17(16)21-11-13-22(14-12-21)18(23)20-15-7-3-1-2-4-8-15/h5-6,9-10,15H,1-4,7-8,11-14H2,(H,20,23). The molecule has 0 spiro atoms. The van der Waals surface area contributed by atoms with Crippen LogP contribution >= 0.6 is 0 Å². The zero-order chi connectivity index (χ0) is 16.1. The van der Waals surface area contributed by atoms with E-state index in [1.165, 1.54) is 31.7 Å². The lowest BCUT2D eigenvalue weighted by Gasteiger charge is -2.36. The highest BCUT2D eigenvalue weighted by atomic mass is 19.1. The highest BCUT2D eigenvalue weighted by molar-refractivity contribution is 5.75. The maximum absolute atomic E-state index is 13.8. The number of urea groups is 1. The van der Waals surface area contributed by atoms with Crippen LogP contribution < -0.4 is 10.2 Å². The molecule has 1 N–H and O–H groups in total. The number of nitrogens with zero attached hydrogens (tertiary/aromatic N) is 2. The average Bonchev–Trinajstić information content (AvgIpc) is 2.84. The van der Waals surface area contributed by atoms with Gasteiger partial charge < -0.3 is 15.1 Å². The third-order valence-electron chi connectivity index (χ3n) is 4.94. The molecule has 0 bridgehead atoms. The summed E-state index contributed by atoms with van der Waals surface area (Å²) in [5, 5.41) is 3.19. The predicted molar refractivity (Wildman–Crippen MR) is 90.2 cm³/mol. The second kappa shape index (κ2) is 7.66. The van der Waals surface area contributed by atoms with Gasteiger partial charge in [0.05, 0.1) is 5.69 Å². The second-order valence-corrected chi connectivity index (χ2v) is 6.56. The molecule has 1 aliphatic heterocycles. The number of carbonyl (C=O) groups is 1. The minimum absolute atomic E-state index is 0.0464. The van der Waals surface area contributed by atoms with Crippen LogP contribution in [0.4, 0.5) is 14.9 Å². The summed E-state index contributed by atoms with van der Waals surface area (Å²) in [6.07, 6.45) is 7.20. The molecule has 2 aliphatic rings. The molecule has 0 aromatic heterocycles. The number of para-hydroxylation sites is 1. The number of rotatable bonds is 2. The number of carbonyl (C=O) groups excluding carboxylic acids is 1. The fourth-order valence-electron chi connectivity index (χ4n) is 3.55. The van der Waals surface area contributed by atoms with Gasteiger partial charge in [-0.1, -0.05) is 37.8 Å². The Morgan fingerprint density at radius 2 is 1.65 bits per heavy atom. The first-order valence-corrected chi connectivity index (χ1v) is 8.79. The van der Waals surface area contributed by atoms with Crippen LogP contribution in [0.1, 0.15) is 38.5 Å². The molecule has 1 aromatic carbocycles. The molecule has 126 valence electrons. The van der Waals surface area contributed by atoms with Gasteiger partial charge in [-0.05, 0) is 25.0 Å². The van der Waals surface area contributed by atoms with Gasteiger partial charge in [-0.25, -0.2) is 9.18 Å². The monoisotopic (exact) mass is 319 g/mol. The summed E-state index contributed by atoms with van der Waals surface area (Å²) in [4.78, 5) is 16.3. The summed E-state index contributed by atoms with van der Waals surface area (Å²) in [7, 11) is 0. The van der Waals surface area contributed by atoms with Crippen molar-refractivity contribution in [3.8, 4) is 0 Å². The normalized spacial score (nSPS) is 20.2. The van der Waals surface area contributed by atoms with Crippen LogP contribution in [-0.4, -0.2) is 43.2 Å². The molecule has 23 heavy (non-hydrogen) atoms. The first kappa shape index (κ1) is 16.1. The lowest BCUT2D eigenvalue weighted by Crippen LogP contribution is -2.53. The Balaban J connectivity index is 1.50. The minimum atomic E-state index is -0.191. The summed E-state index contributed by atoms with van der Waals surface area (Å²) in [6, 6.07) is 7.22. The van der Waals surface area contributed by atoms with E-state index in [0.29, 0.717) is 37.9 Å². The van der Waals surface area contributed by atoms with Gasteiger partial charge in [0, 0.05) is 32.2 Å². The van der Waals surface area contributed by atoms with Gasteiger partial charge in [-0.15, -0.1) is 0 Å². The van der Waals surface area contributed by atoms with E-state index in [-0.39, 0.29) is 11.8 Å². The maximum atomic E-state index is 13.8. The summed E-state index contributed by atoms with van der Waals surface area (Å²) < 4.78 is 13.8. The highest BCUT2D eigenvalue weighted by Gasteiger charge is 2.24. The summed E-state index contributed by atoms with van der Waals surface area (Å²) >= 11 is 0. The summed E-state index contributed by atoms with van der Waals surface area (Å²) in [5.74, 6) is -0.191. The molecule has 0 atom stereocenters. The first-order valence-electron chi connectivity index (χ1n) is 8.79. The first-order chi connectivity index (χ1) is 11.2. The van der Waals surface area contributed by atoms with Crippen molar-refractivity contribution in [2.24, 2.45) is 0 Å². The molecule has 0 unspecified atom stereocenters. The molecule has 5 heteroatoms. The van der Waals surface area contributed by atoms with Gasteiger partial charge in [-0.2, -0.15) is 0 Å². The zero-order valence-corrected chi connectivity index (χ0v) is 13.6. The predicted octanol–water partition coefficient (Wildman–Crippen LogP) is 3.38. The van der Waals surface area contributed by atoms with Crippen molar-refractivity contribution in [3.63, 3.8) is 0 Å². The van der Waals surface area contributed by atoms with Crippen LogP contribution in [0.3, 0.4) is 0 Å². The van der Waals surface area contributed by atoms with E-state index in [1.54, 1.807) is 12.1 Å². The number of anilines is 1. The van der Waals surface area contributed by atoms with E-state index in [2.05, 4.69) is 5.32 Å². The molecular weight excluding hydrogens is 293 g/mol. The van der Waals surface area contributed by atoms with E-state index in [1.807, 2.05) is 15.9 Å². The molecule has 2 fully saturated rings. The van der Waals surface area contributed by atoms with Crippen LogP contribution in [0.2, 0.25) is 0 Å². The Kier molecular flexibility index (Phi) is 5.36. The molecule has 1 saturated carbocycles. The lowest BCUT2D eigenvalue weighted by atomic mass is 10.1. The number of hydrogen-bond acceptors (Lipinski definition) is 2. The van der Waals surface area contributed by atoms with Crippen LogP contribution in [0.15, 0.2) is 24.3 Å². The number of amides is 2. The fourth-order valence-corrected chi connectivity index (χ4v) is 3.55. The minimum Gasteiger partial charge on any atom is -0.366 e. The van der Waals surface area contributed by atoms with Crippen molar-refractivity contribution >= 4 is 11.7 Å². The number of nitrogens with one attached hydrogen (secondary N) is 1. The highest BCUT2D eigenvalue weighted by Crippen LogP contribution is 2.21. The number of benzene rings is 1. The molecular formula is C18H26FN3O. The molecule has 1 saturated heterocycles. The van der Waals surface area contributed by atoms with Crippen molar-refractivity contribution < 1.29 is 9.18 Å². The third kappa shape index (κ3) is 4.15. The summed E-state index contributed by atoms with van der Waals surface area (Å²) in [5.41, 5.74) is 0.635. The van der Waals surface area contributed by atoms with Crippen molar-refractivity contribution in [2.45, 2.75) is 44.6 Å². The number of halogens is 1. The molecule has 2 amide bonds.